The SMILES string of the molecule is CC(C)(NC(=O)c1ccc(-c2cn(Cc3ncoc3C(F)F)nn2)c(F)c1)c1ccc(C(=O)O)cc1. The third kappa shape index (κ3) is 5.11. The zero-order valence-electron chi connectivity index (χ0n) is 19.1. The van der Waals surface area contributed by atoms with Crippen LogP contribution in [0.4, 0.5) is 13.2 Å². The molecule has 4 aromatic rings. The smallest absolute Gasteiger partial charge is 0.335 e. The van der Waals surface area contributed by atoms with Gasteiger partial charge in [0.1, 0.15) is 17.2 Å². The number of hydrogen-bond acceptors (Lipinski definition) is 6. The van der Waals surface area contributed by atoms with Gasteiger partial charge in [-0.3, -0.25) is 4.79 Å². The molecular weight excluding hydrogens is 479 g/mol. The third-order valence-corrected chi connectivity index (χ3v) is 5.51. The van der Waals surface area contributed by atoms with E-state index < -0.39 is 35.4 Å². The van der Waals surface area contributed by atoms with Crippen molar-refractivity contribution in [2.75, 3.05) is 0 Å². The van der Waals surface area contributed by atoms with E-state index in [1.54, 1.807) is 26.0 Å². The lowest BCUT2D eigenvalue weighted by atomic mass is 9.93. The third-order valence-electron chi connectivity index (χ3n) is 5.51. The number of amides is 1. The van der Waals surface area contributed by atoms with Gasteiger partial charge in [0, 0.05) is 11.1 Å². The van der Waals surface area contributed by atoms with Crippen molar-refractivity contribution in [3.8, 4) is 11.3 Å². The van der Waals surface area contributed by atoms with Gasteiger partial charge in [-0.1, -0.05) is 17.3 Å². The molecule has 36 heavy (non-hydrogen) atoms. The van der Waals surface area contributed by atoms with Gasteiger partial charge < -0.3 is 14.8 Å². The van der Waals surface area contributed by atoms with Crippen LogP contribution >= 0.6 is 0 Å². The standard InChI is InChI=1S/C24H20F3N5O4/c1-24(2,15-6-3-13(4-7-15)23(34)35)29-22(33)14-5-8-16(17(25)9-14)18-10-32(31-30-18)11-19-20(21(26)27)36-12-28-19/h3-10,12,21H,11H2,1-2H3,(H,29,33)(H,34,35). The predicted octanol–water partition coefficient (Wildman–Crippen LogP) is 4.42. The van der Waals surface area contributed by atoms with Crippen LogP contribution in [0.5, 0.6) is 0 Å². The minimum atomic E-state index is -2.84. The Balaban J connectivity index is 1.48. The zero-order chi connectivity index (χ0) is 26.0. The van der Waals surface area contributed by atoms with E-state index in [4.69, 9.17) is 5.11 Å². The number of nitrogens with zero attached hydrogens (tertiary/aromatic N) is 4. The lowest BCUT2D eigenvalue weighted by Crippen LogP contribution is -2.41. The summed E-state index contributed by atoms with van der Waals surface area (Å²) in [5.74, 6) is -2.90. The Morgan fingerprint density at radius 2 is 1.83 bits per heavy atom. The Morgan fingerprint density at radius 1 is 1.14 bits per heavy atom. The summed E-state index contributed by atoms with van der Waals surface area (Å²) in [6.45, 7) is 3.32. The molecule has 1 amide bonds. The number of carbonyl (C=O) groups is 2. The quantitative estimate of drug-likeness (QED) is 0.368. The number of oxazole rings is 1. The van der Waals surface area contributed by atoms with E-state index in [-0.39, 0.29) is 34.6 Å². The maximum Gasteiger partial charge on any atom is 0.335 e. The van der Waals surface area contributed by atoms with E-state index in [0.717, 1.165) is 12.5 Å². The molecule has 0 saturated heterocycles. The second-order valence-electron chi connectivity index (χ2n) is 8.42. The number of hydrogen-bond donors (Lipinski definition) is 2. The van der Waals surface area contributed by atoms with Crippen molar-refractivity contribution in [1.29, 1.82) is 0 Å². The molecule has 0 saturated carbocycles. The van der Waals surface area contributed by atoms with Crippen molar-refractivity contribution in [2.45, 2.75) is 32.4 Å². The number of alkyl halides is 2. The fourth-order valence-electron chi connectivity index (χ4n) is 3.55. The Kier molecular flexibility index (Phi) is 6.60. The first-order chi connectivity index (χ1) is 17.0. The highest BCUT2D eigenvalue weighted by atomic mass is 19.3. The molecule has 0 aliphatic carbocycles. The van der Waals surface area contributed by atoms with Crippen LogP contribution in [-0.4, -0.2) is 37.0 Å². The molecule has 0 aliphatic rings. The largest absolute Gasteiger partial charge is 0.478 e. The van der Waals surface area contributed by atoms with Gasteiger partial charge in [0.15, 0.2) is 12.2 Å². The van der Waals surface area contributed by atoms with E-state index >= 15 is 0 Å². The molecule has 186 valence electrons. The Morgan fingerprint density at radius 3 is 2.47 bits per heavy atom. The van der Waals surface area contributed by atoms with Crippen LogP contribution in [0.3, 0.4) is 0 Å². The van der Waals surface area contributed by atoms with Crippen molar-refractivity contribution in [3.63, 3.8) is 0 Å². The first-order valence-corrected chi connectivity index (χ1v) is 10.6. The molecular formula is C24H20F3N5O4. The summed E-state index contributed by atoms with van der Waals surface area (Å²) in [5, 5.41) is 19.6. The summed E-state index contributed by atoms with van der Waals surface area (Å²) in [6, 6.07) is 9.91. The van der Waals surface area contributed by atoms with Gasteiger partial charge in [0.2, 0.25) is 0 Å². The van der Waals surface area contributed by atoms with Crippen molar-refractivity contribution in [1.82, 2.24) is 25.3 Å². The molecule has 2 aromatic heterocycles. The van der Waals surface area contributed by atoms with E-state index in [0.29, 0.717) is 5.56 Å². The molecule has 0 spiro atoms. The van der Waals surface area contributed by atoms with Crippen LogP contribution in [0.1, 0.15) is 58.0 Å². The van der Waals surface area contributed by atoms with Crippen molar-refractivity contribution < 1.29 is 32.3 Å². The van der Waals surface area contributed by atoms with E-state index in [1.807, 2.05) is 0 Å². The minimum Gasteiger partial charge on any atom is -0.478 e. The molecule has 4 rings (SSSR count). The molecule has 9 nitrogen and oxygen atoms in total. The van der Waals surface area contributed by atoms with Crippen LogP contribution in [0, 0.1) is 5.82 Å². The van der Waals surface area contributed by atoms with Crippen LogP contribution < -0.4 is 5.32 Å². The molecule has 0 unspecified atom stereocenters. The summed E-state index contributed by atoms with van der Waals surface area (Å²) in [6.07, 6.45) is -0.563. The van der Waals surface area contributed by atoms with Crippen LogP contribution in [0.2, 0.25) is 0 Å². The van der Waals surface area contributed by atoms with Gasteiger partial charge in [-0.2, -0.15) is 0 Å². The number of halogens is 3. The van der Waals surface area contributed by atoms with Crippen molar-refractivity contribution >= 4 is 11.9 Å². The van der Waals surface area contributed by atoms with Gasteiger partial charge in [-0.25, -0.2) is 27.6 Å². The molecule has 0 aliphatic heterocycles. The van der Waals surface area contributed by atoms with Gasteiger partial charge in [-0.05, 0) is 49.7 Å². The Hall–Kier alpha value is -4.48. The van der Waals surface area contributed by atoms with Gasteiger partial charge in [0.25, 0.3) is 12.3 Å². The second kappa shape index (κ2) is 9.64. The highest BCUT2D eigenvalue weighted by molar-refractivity contribution is 5.95. The molecule has 0 bridgehead atoms. The second-order valence-corrected chi connectivity index (χ2v) is 8.42. The lowest BCUT2D eigenvalue weighted by molar-refractivity contribution is 0.0696. The van der Waals surface area contributed by atoms with E-state index in [1.165, 1.54) is 35.1 Å². The van der Waals surface area contributed by atoms with Crippen molar-refractivity contribution in [3.05, 3.63) is 89.0 Å². The number of aromatic carboxylic acids is 1. The number of carbonyl (C=O) groups excluding carboxylic acids is 1. The Bertz CT molecular complexity index is 1410. The fraction of sp³-hybridized carbons (Fsp3) is 0.208. The molecule has 0 atom stereocenters. The molecule has 0 radical (unpaired) electrons. The summed E-state index contributed by atoms with van der Waals surface area (Å²) in [7, 11) is 0. The van der Waals surface area contributed by atoms with Crippen molar-refractivity contribution in [2.24, 2.45) is 0 Å². The highest BCUT2D eigenvalue weighted by Crippen LogP contribution is 2.26. The van der Waals surface area contributed by atoms with E-state index in [9.17, 15) is 22.8 Å². The summed E-state index contributed by atoms with van der Waals surface area (Å²) in [5.41, 5.74) is 0.153. The monoisotopic (exact) mass is 499 g/mol. The van der Waals surface area contributed by atoms with E-state index in [2.05, 4.69) is 25.0 Å². The van der Waals surface area contributed by atoms with Crippen LogP contribution in [0.25, 0.3) is 11.3 Å². The molecule has 2 heterocycles. The number of nitrogens with one attached hydrogen (secondary N) is 1. The fourth-order valence-corrected chi connectivity index (χ4v) is 3.55. The molecule has 0 fully saturated rings. The average Bonchev–Trinajstić information content (AvgIpc) is 3.49. The maximum atomic E-state index is 14.9. The number of benzene rings is 2. The first kappa shape index (κ1) is 24.6. The van der Waals surface area contributed by atoms with Crippen LogP contribution in [0.15, 0.2) is 59.5 Å². The van der Waals surface area contributed by atoms with Gasteiger partial charge >= 0.3 is 5.97 Å². The summed E-state index contributed by atoms with van der Waals surface area (Å²) < 4.78 is 46.7. The minimum absolute atomic E-state index is 0.0193. The summed E-state index contributed by atoms with van der Waals surface area (Å²) >= 11 is 0. The highest BCUT2D eigenvalue weighted by Gasteiger charge is 2.25. The number of aromatic nitrogens is 4. The molecule has 2 aromatic carbocycles. The Labute approximate surface area is 202 Å². The number of carboxylic acids is 1. The first-order valence-electron chi connectivity index (χ1n) is 10.6. The molecule has 2 N–H and O–H groups in total. The normalized spacial score (nSPS) is 11.6. The topological polar surface area (TPSA) is 123 Å². The van der Waals surface area contributed by atoms with Gasteiger partial charge in [0.05, 0.1) is 23.8 Å². The number of carboxylic acid groups (broad SMARTS) is 1. The average molecular weight is 499 g/mol. The molecule has 12 heteroatoms. The summed E-state index contributed by atoms with van der Waals surface area (Å²) in [4.78, 5) is 27.6. The van der Waals surface area contributed by atoms with Gasteiger partial charge in [-0.15, -0.1) is 5.10 Å². The number of rotatable bonds is 8. The maximum absolute atomic E-state index is 14.9. The van der Waals surface area contributed by atoms with Crippen LogP contribution in [-0.2, 0) is 12.1 Å². The predicted molar refractivity (Wildman–Crippen MR) is 120 cm³/mol. The lowest BCUT2D eigenvalue weighted by Gasteiger charge is -2.27. The zero-order valence-corrected chi connectivity index (χ0v) is 19.1.